The van der Waals surface area contributed by atoms with Gasteiger partial charge in [-0.25, -0.2) is 23.8 Å². The van der Waals surface area contributed by atoms with E-state index in [0.717, 1.165) is 16.8 Å². The molecule has 38 heavy (non-hydrogen) atoms. The zero-order valence-electron chi connectivity index (χ0n) is 21.6. The smallest absolute Gasteiger partial charge is 0.350 e. The van der Waals surface area contributed by atoms with Crippen LogP contribution in [0.3, 0.4) is 0 Å². The number of urea groups is 1. The Labute approximate surface area is 219 Å². The number of hydrogen-bond donors (Lipinski definition) is 1. The molecule has 11 heteroatoms. The molecule has 194 valence electrons. The van der Waals surface area contributed by atoms with Crippen LogP contribution in [0.5, 0.6) is 0 Å². The van der Waals surface area contributed by atoms with Gasteiger partial charge in [-0.1, -0.05) is 18.2 Å². The van der Waals surface area contributed by atoms with Crippen molar-refractivity contribution in [2.45, 2.75) is 0 Å². The molecular formula is C27H28N8O3. The Bertz CT molecular complexity index is 1570. The van der Waals surface area contributed by atoms with Gasteiger partial charge in [-0.2, -0.15) is 5.10 Å². The van der Waals surface area contributed by atoms with E-state index in [1.807, 2.05) is 55.4 Å². The van der Waals surface area contributed by atoms with Crippen LogP contribution in [-0.2, 0) is 7.05 Å². The van der Waals surface area contributed by atoms with Gasteiger partial charge in [-0.05, 0) is 42.0 Å². The lowest BCUT2D eigenvalue weighted by molar-refractivity contribution is 0.0963. The van der Waals surface area contributed by atoms with Crippen molar-refractivity contribution in [3.63, 3.8) is 0 Å². The lowest BCUT2D eigenvalue weighted by Crippen LogP contribution is -2.33. The minimum atomic E-state index is -0.226. The highest BCUT2D eigenvalue weighted by molar-refractivity contribution is 6.08. The van der Waals surface area contributed by atoms with Crippen molar-refractivity contribution in [1.29, 1.82) is 0 Å². The Morgan fingerprint density at radius 2 is 1.71 bits per heavy atom. The van der Waals surface area contributed by atoms with Crippen LogP contribution in [0, 0.1) is 0 Å². The van der Waals surface area contributed by atoms with Crippen LogP contribution < -0.4 is 25.7 Å². The third-order valence-corrected chi connectivity index (χ3v) is 6.54. The Balaban J connectivity index is 1.48. The molecule has 0 spiro atoms. The van der Waals surface area contributed by atoms with Crippen molar-refractivity contribution < 1.29 is 9.59 Å². The summed E-state index contributed by atoms with van der Waals surface area (Å²) in [6.45, 7) is 0.909. The van der Waals surface area contributed by atoms with Crippen LogP contribution in [0.2, 0.25) is 0 Å². The van der Waals surface area contributed by atoms with Gasteiger partial charge in [0.25, 0.3) is 5.91 Å². The summed E-state index contributed by atoms with van der Waals surface area (Å²) < 4.78 is 2.75. The first kappa shape index (κ1) is 24.8. The van der Waals surface area contributed by atoms with E-state index in [0.29, 0.717) is 35.8 Å². The molecule has 11 nitrogen and oxygen atoms in total. The molecule has 1 fully saturated rings. The van der Waals surface area contributed by atoms with Crippen molar-refractivity contribution in [3.05, 3.63) is 83.2 Å². The van der Waals surface area contributed by atoms with E-state index >= 15 is 0 Å². The van der Waals surface area contributed by atoms with Crippen LogP contribution in [-0.4, -0.2) is 65.5 Å². The molecule has 0 atom stereocenters. The first-order valence-electron chi connectivity index (χ1n) is 12.1. The predicted octanol–water partition coefficient (Wildman–Crippen LogP) is 2.51. The van der Waals surface area contributed by atoms with Crippen molar-refractivity contribution >= 4 is 29.1 Å². The summed E-state index contributed by atoms with van der Waals surface area (Å²) in [5.41, 5.74) is 4.24. The second kappa shape index (κ2) is 9.85. The molecule has 0 unspecified atom stereocenters. The Morgan fingerprint density at radius 1 is 0.974 bits per heavy atom. The minimum Gasteiger partial charge on any atom is -0.374 e. The third kappa shape index (κ3) is 4.27. The number of carbonyl (C=O) groups is 2. The van der Waals surface area contributed by atoms with E-state index in [1.165, 1.54) is 15.6 Å². The van der Waals surface area contributed by atoms with Gasteiger partial charge in [0, 0.05) is 64.3 Å². The van der Waals surface area contributed by atoms with Gasteiger partial charge < -0.3 is 10.2 Å². The molecule has 3 heterocycles. The van der Waals surface area contributed by atoms with Gasteiger partial charge in [-0.15, -0.1) is 0 Å². The fourth-order valence-corrected chi connectivity index (χ4v) is 4.61. The maximum atomic E-state index is 13.6. The first-order valence-corrected chi connectivity index (χ1v) is 12.1. The second-order valence-electron chi connectivity index (χ2n) is 9.09. The highest BCUT2D eigenvalue weighted by atomic mass is 16.2. The molecule has 2 aromatic carbocycles. The molecule has 1 aliphatic rings. The van der Waals surface area contributed by atoms with Gasteiger partial charge in [0.1, 0.15) is 6.33 Å². The van der Waals surface area contributed by atoms with E-state index < -0.39 is 0 Å². The molecule has 0 bridgehead atoms. The summed E-state index contributed by atoms with van der Waals surface area (Å²) >= 11 is 0. The van der Waals surface area contributed by atoms with Crippen molar-refractivity contribution in [2.75, 3.05) is 48.9 Å². The number of hydrogen-bond acceptors (Lipinski definition) is 6. The summed E-state index contributed by atoms with van der Waals surface area (Å²) in [7, 11) is 7.01. The molecule has 3 amide bonds. The first-order chi connectivity index (χ1) is 18.3. The number of anilines is 3. The number of carbonyl (C=O) groups excluding carboxylic acids is 2. The van der Waals surface area contributed by atoms with Gasteiger partial charge in [0.05, 0.1) is 11.4 Å². The number of nitrogens with zero attached hydrogens (tertiary/aromatic N) is 7. The number of nitrogens with one attached hydrogen (secondary N) is 1. The van der Waals surface area contributed by atoms with Gasteiger partial charge in [0.2, 0.25) is 0 Å². The number of amides is 3. The zero-order chi connectivity index (χ0) is 27.0. The molecule has 0 aliphatic carbocycles. The van der Waals surface area contributed by atoms with E-state index in [9.17, 15) is 14.4 Å². The summed E-state index contributed by atoms with van der Waals surface area (Å²) in [4.78, 5) is 47.8. The van der Waals surface area contributed by atoms with Crippen LogP contribution in [0.1, 0.15) is 10.4 Å². The molecule has 5 rings (SSSR count). The molecule has 1 saturated heterocycles. The van der Waals surface area contributed by atoms with Gasteiger partial charge >= 0.3 is 11.7 Å². The van der Waals surface area contributed by atoms with Crippen molar-refractivity contribution in [1.82, 2.24) is 24.6 Å². The third-order valence-electron chi connectivity index (χ3n) is 6.54. The molecule has 1 aliphatic heterocycles. The highest BCUT2D eigenvalue weighted by Crippen LogP contribution is 2.38. The second-order valence-corrected chi connectivity index (χ2v) is 9.09. The molecule has 0 saturated carbocycles. The largest absolute Gasteiger partial charge is 0.374 e. The summed E-state index contributed by atoms with van der Waals surface area (Å²) in [6.07, 6.45) is 3.18. The molecular weight excluding hydrogens is 484 g/mol. The molecule has 4 aromatic rings. The van der Waals surface area contributed by atoms with Crippen molar-refractivity contribution in [2.24, 2.45) is 7.05 Å². The Kier molecular flexibility index (Phi) is 6.41. The maximum Gasteiger partial charge on any atom is 0.350 e. The van der Waals surface area contributed by atoms with Crippen LogP contribution in [0.25, 0.3) is 16.8 Å². The fourth-order valence-electron chi connectivity index (χ4n) is 4.61. The Morgan fingerprint density at radius 3 is 2.37 bits per heavy atom. The predicted molar refractivity (Wildman–Crippen MR) is 146 cm³/mol. The molecule has 2 aromatic heterocycles. The lowest BCUT2D eigenvalue weighted by atomic mass is 10.0. The maximum absolute atomic E-state index is 13.6. The van der Waals surface area contributed by atoms with Gasteiger partial charge in [0.15, 0.2) is 5.82 Å². The minimum absolute atomic E-state index is 0.209. The quantitative estimate of drug-likeness (QED) is 0.425. The number of aromatic nitrogens is 4. The number of pyridine rings is 1. The number of rotatable bonds is 6. The van der Waals surface area contributed by atoms with E-state index in [-0.39, 0.29) is 17.6 Å². The lowest BCUT2D eigenvalue weighted by Gasteiger charge is -2.25. The van der Waals surface area contributed by atoms with E-state index in [1.54, 1.807) is 48.3 Å². The normalized spacial score (nSPS) is 13.2. The monoisotopic (exact) mass is 512 g/mol. The topological polar surface area (TPSA) is 109 Å². The standard InChI is InChI=1S/C27H28N8O3/c1-28-25(36)19-6-5-7-21(16-19)33-14-15-34(27(33)38)24-23(31(2)3)22(12-13-29-24)18-8-10-20(11-9-18)35-17-30-32(4)26(35)37/h5-13,16-17H,14-15H2,1-4H3,(H,28,36). The molecule has 0 radical (unpaired) electrons. The fraction of sp³-hybridized carbons (Fsp3) is 0.222. The van der Waals surface area contributed by atoms with E-state index in [2.05, 4.69) is 15.4 Å². The van der Waals surface area contributed by atoms with Crippen LogP contribution in [0.4, 0.5) is 22.0 Å². The Hall–Kier alpha value is -4.93. The average molecular weight is 513 g/mol. The average Bonchev–Trinajstić information content (AvgIpc) is 3.49. The van der Waals surface area contributed by atoms with Crippen molar-refractivity contribution in [3.8, 4) is 16.8 Å². The van der Waals surface area contributed by atoms with Crippen LogP contribution in [0.15, 0.2) is 71.9 Å². The van der Waals surface area contributed by atoms with Gasteiger partial charge in [-0.3, -0.25) is 14.6 Å². The number of aryl methyl sites for hydroxylation is 1. The van der Waals surface area contributed by atoms with E-state index in [4.69, 9.17) is 0 Å². The summed E-state index contributed by atoms with van der Waals surface area (Å²) in [5.74, 6) is 0.342. The highest BCUT2D eigenvalue weighted by Gasteiger charge is 2.34. The summed E-state index contributed by atoms with van der Waals surface area (Å²) in [5, 5.41) is 6.62. The number of benzene rings is 2. The zero-order valence-corrected chi connectivity index (χ0v) is 21.6. The summed E-state index contributed by atoms with van der Waals surface area (Å²) in [6, 6.07) is 16.3. The van der Waals surface area contributed by atoms with Crippen LogP contribution >= 0.6 is 0 Å². The SMILES string of the molecule is CNC(=O)c1cccc(N2CCN(c3nccc(-c4ccc(-n5cnn(C)c5=O)cc4)c3N(C)C)C2=O)c1. The molecule has 1 N–H and O–H groups in total.